The second-order valence-electron chi connectivity index (χ2n) is 4.69. The molecule has 2 rings (SSSR count). The van der Waals surface area contributed by atoms with E-state index in [2.05, 4.69) is 12.2 Å². The molecule has 1 N–H and O–H groups in total. The number of nitro groups is 1. The average Bonchev–Trinajstić information content (AvgIpc) is 2.26. The molecule has 0 amide bonds. The monoisotopic (exact) mass is 250 g/mol. The Bertz CT molecular complexity index is 442. The van der Waals surface area contributed by atoms with E-state index in [4.69, 9.17) is 4.74 Å². The molecule has 0 atom stereocenters. The van der Waals surface area contributed by atoms with Crippen molar-refractivity contribution in [2.75, 3.05) is 6.54 Å². The van der Waals surface area contributed by atoms with Gasteiger partial charge in [-0.2, -0.15) is 0 Å². The smallest absolute Gasteiger partial charge is 0.310 e. The molecule has 0 saturated heterocycles. The number of rotatable bonds is 5. The lowest BCUT2D eigenvalue weighted by Crippen LogP contribution is -2.46. The third-order valence-electron chi connectivity index (χ3n) is 3.19. The summed E-state index contributed by atoms with van der Waals surface area (Å²) in [5, 5.41) is 14.2. The number of nitrogens with zero attached hydrogens (tertiary/aromatic N) is 1. The molecule has 1 aromatic rings. The van der Waals surface area contributed by atoms with Gasteiger partial charge in [0, 0.05) is 12.1 Å². The molecule has 0 radical (unpaired) electrons. The molecule has 1 aliphatic rings. The van der Waals surface area contributed by atoms with Gasteiger partial charge in [0.05, 0.1) is 4.92 Å². The number of nitrogens with one attached hydrogen (secondary N) is 1. The minimum Gasteiger partial charge on any atom is -0.483 e. The minimum atomic E-state index is -0.394. The summed E-state index contributed by atoms with van der Waals surface area (Å²) in [7, 11) is 0. The number of ether oxygens (including phenoxy) is 1. The third kappa shape index (κ3) is 2.79. The van der Waals surface area contributed by atoms with Crippen molar-refractivity contribution in [1.29, 1.82) is 0 Å². The van der Waals surface area contributed by atoms with Gasteiger partial charge in [-0.3, -0.25) is 10.1 Å². The van der Waals surface area contributed by atoms with E-state index >= 15 is 0 Å². The van der Waals surface area contributed by atoms with Crippen LogP contribution in [0, 0.1) is 17.0 Å². The molecule has 5 heteroatoms. The first kappa shape index (κ1) is 12.8. The van der Waals surface area contributed by atoms with E-state index in [9.17, 15) is 10.1 Å². The maximum Gasteiger partial charge on any atom is 0.310 e. The summed E-state index contributed by atoms with van der Waals surface area (Å²) in [6, 6.07) is 5.46. The van der Waals surface area contributed by atoms with Crippen molar-refractivity contribution >= 4 is 5.69 Å². The summed E-state index contributed by atoms with van der Waals surface area (Å²) >= 11 is 0. The largest absolute Gasteiger partial charge is 0.483 e. The van der Waals surface area contributed by atoms with Crippen LogP contribution in [0.3, 0.4) is 0 Å². The average molecular weight is 250 g/mol. The first-order valence-electron chi connectivity index (χ1n) is 6.25. The van der Waals surface area contributed by atoms with Gasteiger partial charge in [0.1, 0.15) is 6.10 Å². The van der Waals surface area contributed by atoms with Gasteiger partial charge in [-0.25, -0.2) is 0 Å². The highest BCUT2D eigenvalue weighted by atomic mass is 16.6. The maximum absolute atomic E-state index is 10.9. The number of aryl methyl sites for hydroxylation is 1. The van der Waals surface area contributed by atoms with Crippen LogP contribution in [-0.4, -0.2) is 23.6 Å². The second-order valence-corrected chi connectivity index (χ2v) is 4.69. The van der Waals surface area contributed by atoms with Crippen molar-refractivity contribution in [2.24, 2.45) is 0 Å². The predicted octanol–water partition coefficient (Wildman–Crippen LogP) is 2.42. The van der Waals surface area contributed by atoms with Crippen molar-refractivity contribution in [3.8, 4) is 5.75 Å². The molecule has 0 bridgehead atoms. The van der Waals surface area contributed by atoms with Crippen LogP contribution in [0.2, 0.25) is 0 Å². The molecule has 5 nitrogen and oxygen atoms in total. The van der Waals surface area contributed by atoms with Gasteiger partial charge in [-0.1, -0.05) is 13.0 Å². The van der Waals surface area contributed by atoms with Crippen molar-refractivity contribution in [1.82, 2.24) is 5.32 Å². The van der Waals surface area contributed by atoms with Crippen LogP contribution < -0.4 is 10.1 Å². The Balaban J connectivity index is 2.01. The van der Waals surface area contributed by atoms with Crippen molar-refractivity contribution in [3.63, 3.8) is 0 Å². The Morgan fingerprint density at radius 1 is 1.50 bits per heavy atom. The highest BCUT2D eigenvalue weighted by molar-refractivity contribution is 5.48. The summed E-state index contributed by atoms with van der Waals surface area (Å²) in [6.45, 7) is 4.92. The molecule has 0 heterocycles. The molecule has 1 saturated carbocycles. The zero-order valence-corrected chi connectivity index (χ0v) is 10.7. The van der Waals surface area contributed by atoms with E-state index in [1.165, 1.54) is 6.07 Å². The van der Waals surface area contributed by atoms with E-state index in [0.29, 0.717) is 11.8 Å². The van der Waals surface area contributed by atoms with E-state index in [1.54, 1.807) is 12.1 Å². The molecule has 98 valence electrons. The summed E-state index contributed by atoms with van der Waals surface area (Å²) in [4.78, 5) is 10.5. The SMILES string of the molecule is CCNC1CC(Oc2cc(C)ccc2[N+](=O)[O-])C1. The first-order valence-corrected chi connectivity index (χ1v) is 6.25. The zero-order valence-electron chi connectivity index (χ0n) is 10.7. The zero-order chi connectivity index (χ0) is 13.1. The summed E-state index contributed by atoms with van der Waals surface area (Å²) < 4.78 is 5.72. The molecule has 1 aromatic carbocycles. The third-order valence-corrected chi connectivity index (χ3v) is 3.19. The number of benzene rings is 1. The second kappa shape index (κ2) is 5.35. The topological polar surface area (TPSA) is 64.4 Å². The van der Waals surface area contributed by atoms with E-state index < -0.39 is 4.92 Å². The number of hydrogen-bond acceptors (Lipinski definition) is 4. The molecule has 0 unspecified atom stereocenters. The fourth-order valence-corrected chi connectivity index (χ4v) is 2.16. The predicted molar refractivity (Wildman–Crippen MR) is 68.9 cm³/mol. The van der Waals surface area contributed by atoms with Crippen LogP contribution in [-0.2, 0) is 0 Å². The van der Waals surface area contributed by atoms with Crippen LogP contribution in [0.4, 0.5) is 5.69 Å². The van der Waals surface area contributed by atoms with Crippen molar-refractivity contribution in [3.05, 3.63) is 33.9 Å². The first-order chi connectivity index (χ1) is 8.60. The lowest BCUT2D eigenvalue weighted by atomic mass is 9.89. The Morgan fingerprint density at radius 3 is 2.83 bits per heavy atom. The molecule has 0 spiro atoms. The Labute approximate surface area is 106 Å². The molecule has 0 aromatic heterocycles. The highest BCUT2D eigenvalue weighted by Crippen LogP contribution is 2.32. The van der Waals surface area contributed by atoms with E-state index in [-0.39, 0.29) is 11.8 Å². The van der Waals surface area contributed by atoms with Crippen LogP contribution in [0.5, 0.6) is 5.75 Å². The van der Waals surface area contributed by atoms with Crippen LogP contribution in [0.25, 0.3) is 0 Å². The fourth-order valence-electron chi connectivity index (χ4n) is 2.16. The van der Waals surface area contributed by atoms with Gasteiger partial charge in [0.2, 0.25) is 0 Å². The Hall–Kier alpha value is -1.62. The van der Waals surface area contributed by atoms with Gasteiger partial charge in [0.25, 0.3) is 0 Å². The molecule has 18 heavy (non-hydrogen) atoms. The standard InChI is InChI=1S/C13H18N2O3/c1-3-14-10-7-11(8-10)18-13-6-9(2)4-5-12(13)15(16)17/h4-6,10-11,14H,3,7-8H2,1-2H3. The van der Waals surface area contributed by atoms with Crippen molar-refractivity contribution in [2.45, 2.75) is 38.8 Å². The summed E-state index contributed by atoms with van der Waals surface area (Å²) in [5.74, 6) is 0.389. The van der Waals surface area contributed by atoms with Crippen LogP contribution in [0.1, 0.15) is 25.3 Å². The molecular weight excluding hydrogens is 232 g/mol. The highest BCUT2D eigenvalue weighted by Gasteiger charge is 2.31. The minimum absolute atomic E-state index is 0.0486. The van der Waals surface area contributed by atoms with Gasteiger partial charge in [0.15, 0.2) is 5.75 Å². The lowest BCUT2D eigenvalue weighted by molar-refractivity contribution is -0.386. The van der Waals surface area contributed by atoms with E-state index in [0.717, 1.165) is 24.9 Å². The van der Waals surface area contributed by atoms with Crippen LogP contribution >= 0.6 is 0 Å². The van der Waals surface area contributed by atoms with Gasteiger partial charge >= 0.3 is 5.69 Å². The van der Waals surface area contributed by atoms with Gasteiger partial charge < -0.3 is 10.1 Å². The van der Waals surface area contributed by atoms with Crippen molar-refractivity contribution < 1.29 is 9.66 Å². The summed E-state index contributed by atoms with van der Waals surface area (Å²) in [5.41, 5.74) is 1.02. The molecular formula is C13H18N2O3. The number of hydrogen-bond donors (Lipinski definition) is 1. The Kier molecular flexibility index (Phi) is 3.81. The van der Waals surface area contributed by atoms with E-state index in [1.807, 2.05) is 6.92 Å². The maximum atomic E-state index is 10.9. The normalized spacial score (nSPS) is 22.3. The lowest BCUT2D eigenvalue weighted by Gasteiger charge is -2.35. The molecule has 0 aliphatic heterocycles. The van der Waals surface area contributed by atoms with Crippen LogP contribution in [0.15, 0.2) is 18.2 Å². The van der Waals surface area contributed by atoms with Gasteiger partial charge in [-0.05, 0) is 37.9 Å². The Morgan fingerprint density at radius 2 is 2.22 bits per heavy atom. The molecule has 1 fully saturated rings. The van der Waals surface area contributed by atoms with Gasteiger partial charge in [-0.15, -0.1) is 0 Å². The number of nitro benzene ring substituents is 1. The quantitative estimate of drug-likeness (QED) is 0.644. The molecule has 1 aliphatic carbocycles. The summed E-state index contributed by atoms with van der Waals surface area (Å²) in [6.07, 6.45) is 1.92. The fraction of sp³-hybridized carbons (Fsp3) is 0.538.